The standard InChI is InChI=1S/C11H20N2O/c1-12-10-3-2-4-11(10)13-6-9-5-8(13)7-14-9/h8-12H,2-7H2,1H3. The number of hydrogen-bond acceptors (Lipinski definition) is 3. The summed E-state index contributed by atoms with van der Waals surface area (Å²) in [5, 5.41) is 3.47. The zero-order chi connectivity index (χ0) is 9.54. The van der Waals surface area contributed by atoms with E-state index in [9.17, 15) is 0 Å². The second-order valence-electron chi connectivity index (χ2n) is 4.94. The Morgan fingerprint density at radius 2 is 2.29 bits per heavy atom. The molecule has 1 aliphatic carbocycles. The molecule has 0 radical (unpaired) electrons. The van der Waals surface area contributed by atoms with E-state index in [1.165, 1.54) is 32.2 Å². The van der Waals surface area contributed by atoms with Crippen LogP contribution in [0.3, 0.4) is 0 Å². The summed E-state index contributed by atoms with van der Waals surface area (Å²) in [6.07, 6.45) is 5.97. The van der Waals surface area contributed by atoms with E-state index < -0.39 is 0 Å². The van der Waals surface area contributed by atoms with Crippen molar-refractivity contribution in [3.8, 4) is 0 Å². The topological polar surface area (TPSA) is 24.5 Å². The van der Waals surface area contributed by atoms with Crippen LogP contribution in [-0.4, -0.2) is 49.3 Å². The van der Waals surface area contributed by atoms with Crippen molar-refractivity contribution < 1.29 is 4.74 Å². The first kappa shape index (κ1) is 9.13. The molecule has 0 spiro atoms. The predicted molar refractivity (Wildman–Crippen MR) is 55.3 cm³/mol. The van der Waals surface area contributed by atoms with Crippen LogP contribution >= 0.6 is 0 Å². The number of hydrogen-bond donors (Lipinski definition) is 1. The molecule has 3 heteroatoms. The van der Waals surface area contributed by atoms with Crippen LogP contribution in [-0.2, 0) is 4.74 Å². The van der Waals surface area contributed by atoms with Crippen LogP contribution in [0.25, 0.3) is 0 Å². The number of ether oxygens (including phenoxy) is 1. The molecule has 2 bridgehead atoms. The summed E-state index contributed by atoms with van der Waals surface area (Å²) >= 11 is 0. The molecule has 4 atom stereocenters. The maximum absolute atomic E-state index is 5.65. The average Bonchev–Trinajstić information content (AvgIpc) is 2.92. The van der Waals surface area contributed by atoms with Gasteiger partial charge in [-0.15, -0.1) is 0 Å². The minimum absolute atomic E-state index is 0.554. The lowest BCUT2D eigenvalue weighted by Crippen LogP contribution is -2.50. The molecule has 0 aromatic heterocycles. The molecule has 3 fully saturated rings. The Bertz CT molecular complexity index is 217. The second kappa shape index (κ2) is 3.47. The molecule has 0 amide bonds. The summed E-state index contributed by atoms with van der Waals surface area (Å²) in [5.74, 6) is 0. The Labute approximate surface area is 85.8 Å². The summed E-state index contributed by atoms with van der Waals surface area (Å²) in [6, 6.07) is 2.26. The van der Waals surface area contributed by atoms with Gasteiger partial charge in [-0.05, 0) is 26.3 Å². The predicted octanol–water partition coefficient (Wildman–Crippen LogP) is 0.600. The van der Waals surface area contributed by atoms with Gasteiger partial charge in [0.25, 0.3) is 0 Å². The van der Waals surface area contributed by atoms with Crippen LogP contribution in [0, 0.1) is 0 Å². The van der Waals surface area contributed by atoms with Gasteiger partial charge in [-0.3, -0.25) is 4.90 Å². The van der Waals surface area contributed by atoms with Gasteiger partial charge >= 0.3 is 0 Å². The molecule has 2 saturated heterocycles. The second-order valence-corrected chi connectivity index (χ2v) is 4.94. The van der Waals surface area contributed by atoms with Gasteiger partial charge in [0.2, 0.25) is 0 Å². The van der Waals surface area contributed by atoms with Gasteiger partial charge < -0.3 is 10.1 Å². The van der Waals surface area contributed by atoms with Gasteiger partial charge in [-0.2, -0.15) is 0 Å². The molecule has 14 heavy (non-hydrogen) atoms. The van der Waals surface area contributed by atoms with Crippen LogP contribution in [0.4, 0.5) is 0 Å². The number of morpholine rings is 1. The molecule has 3 nitrogen and oxygen atoms in total. The third-order valence-corrected chi connectivity index (χ3v) is 4.22. The lowest BCUT2D eigenvalue weighted by molar-refractivity contribution is 0.00801. The van der Waals surface area contributed by atoms with E-state index in [1.807, 2.05) is 0 Å². The van der Waals surface area contributed by atoms with Crippen molar-refractivity contribution in [2.24, 2.45) is 0 Å². The molecule has 1 saturated carbocycles. The van der Waals surface area contributed by atoms with Crippen LogP contribution in [0.2, 0.25) is 0 Å². The van der Waals surface area contributed by atoms with Gasteiger partial charge in [-0.25, -0.2) is 0 Å². The Morgan fingerprint density at radius 1 is 1.36 bits per heavy atom. The van der Waals surface area contributed by atoms with E-state index in [2.05, 4.69) is 17.3 Å². The van der Waals surface area contributed by atoms with Crippen molar-refractivity contribution in [3.63, 3.8) is 0 Å². The monoisotopic (exact) mass is 196 g/mol. The van der Waals surface area contributed by atoms with Crippen LogP contribution in [0.15, 0.2) is 0 Å². The molecule has 3 rings (SSSR count). The third-order valence-electron chi connectivity index (χ3n) is 4.22. The average molecular weight is 196 g/mol. The fourth-order valence-corrected chi connectivity index (χ4v) is 3.51. The third kappa shape index (κ3) is 1.30. The van der Waals surface area contributed by atoms with Crippen molar-refractivity contribution in [3.05, 3.63) is 0 Å². The van der Waals surface area contributed by atoms with Crippen LogP contribution in [0.5, 0.6) is 0 Å². The fourth-order valence-electron chi connectivity index (χ4n) is 3.51. The Kier molecular flexibility index (Phi) is 2.26. The summed E-state index contributed by atoms with van der Waals surface area (Å²) < 4.78 is 5.65. The normalized spacial score (nSPS) is 47.8. The zero-order valence-electron chi connectivity index (χ0n) is 8.91. The van der Waals surface area contributed by atoms with E-state index in [1.54, 1.807) is 0 Å². The van der Waals surface area contributed by atoms with Crippen molar-refractivity contribution in [1.29, 1.82) is 0 Å². The summed E-state index contributed by atoms with van der Waals surface area (Å²) in [7, 11) is 2.10. The van der Waals surface area contributed by atoms with Crippen molar-refractivity contribution in [2.75, 3.05) is 20.2 Å². The molecular formula is C11H20N2O. The van der Waals surface area contributed by atoms with Gasteiger partial charge in [0.1, 0.15) is 0 Å². The number of fused-ring (bicyclic) bond motifs is 2. The van der Waals surface area contributed by atoms with E-state index in [0.29, 0.717) is 6.10 Å². The molecule has 4 unspecified atom stereocenters. The van der Waals surface area contributed by atoms with Gasteiger partial charge in [0, 0.05) is 24.7 Å². The minimum Gasteiger partial charge on any atom is -0.375 e. The number of likely N-dealkylation sites (tertiary alicyclic amines) is 1. The smallest absolute Gasteiger partial charge is 0.0718 e. The Hall–Kier alpha value is -0.120. The number of rotatable bonds is 2. The molecular weight excluding hydrogens is 176 g/mol. The zero-order valence-corrected chi connectivity index (χ0v) is 8.91. The lowest BCUT2D eigenvalue weighted by atomic mass is 10.1. The summed E-state index contributed by atoms with van der Waals surface area (Å²) in [4.78, 5) is 2.71. The first-order chi connectivity index (χ1) is 6.88. The highest BCUT2D eigenvalue weighted by atomic mass is 16.5. The van der Waals surface area contributed by atoms with E-state index >= 15 is 0 Å². The molecule has 1 N–H and O–H groups in total. The fraction of sp³-hybridized carbons (Fsp3) is 1.00. The molecule has 80 valence electrons. The number of nitrogens with zero attached hydrogens (tertiary/aromatic N) is 1. The van der Waals surface area contributed by atoms with Gasteiger partial charge in [-0.1, -0.05) is 6.42 Å². The minimum atomic E-state index is 0.554. The molecule has 2 aliphatic heterocycles. The SMILES string of the molecule is CNC1CCCC1N1CC2CC1CO2. The first-order valence-corrected chi connectivity index (χ1v) is 5.93. The highest BCUT2D eigenvalue weighted by Gasteiger charge is 2.44. The highest BCUT2D eigenvalue weighted by Crippen LogP contribution is 2.34. The van der Waals surface area contributed by atoms with Crippen LogP contribution < -0.4 is 5.32 Å². The first-order valence-electron chi connectivity index (χ1n) is 5.93. The number of likely N-dealkylation sites (N-methyl/N-ethyl adjacent to an activating group) is 1. The van der Waals surface area contributed by atoms with E-state index in [-0.39, 0.29) is 0 Å². The van der Waals surface area contributed by atoms with Crippen molar-refractivity contribution in [2.45, 2.75) is 49.9 Å². The number of nitrogens with one attached hydrogen (secondary N) is 1. The van der Waals surface area contributed by atoms with Gasteiger partial charge in [0.05, 0.1) is 12.7 Å². The summed E-state index contributed by atoms with van der Waals surface area (Å²) in [5.41, 5.74) is 0. The summed E-state index contributed by atoms with van der Waals surface area (Å²) in [6.45, 7) is 2.17. The molecule has 0 aromatic rings. The van der Waals surface area contributed by atoms with Crippen LogP contribution in [0.1, 0.15) is 25.7 Å². The van der Waals surface area contributed by atoms with E-state index in [4.69, 9.17) is 4.74 Å². The lowest BCUT2D eigenvalue weighted by Gasteiger charge is -2.35. The maximum Gasteiger partial charge on any atom is 0.0718 e. The molecule has 2 heterocycles. The highest BCUT2D eigenvalue weighted by molar-refractivity contribution is 5.00. The molecule has 3 aliphatic rings. The maximum atomic E-state index is 5.65. The van der Waals surface area contributed by atoms with Crippen molar-refractivity contribution >= 4 is 0 Å². The van der Waals surface area contributed by atoms with Gasteiger partial charge in [0.15, 0.2) is 0 Å². The largest absolute Gasteiger partial charge is 0.375 e. The Balaban J connectivity index is 1.70. The quantitative estimate of drug-likeness (QED) is 0.700. The van der Waals surface area contributed by atoms with E-state index in [0.717, 1.165) is 24.7 Å². The van der Waals surface area contributed by atoms with Crippen molar-refractivity contribution in [1.82, 2.24) is 10.2 Å². The molecule has 0 aromatic carbocycles. The Morgan fingerprint density at radius 3 is 2.93 bits per heavy atom.